The molecule has 1 saturated heterocycles. The van der Waals surface area contributed by atoms with Crippen LogP contribution in [0.3, 0.4) is 0 Å². The van der Waals surface area contributed by atoms with E-state index in [1.54, 1.807) is 25.3 Å². The van der Waals surface area contributed by atoms with Crippen LogP contribution in [-0.2, 0) is 10.0 Å². The molecule has 0 saturated carbocycles. The lowest BCUT2D eigenvalue weighted by Gasteiger charge is -2.29. The maximum absolute atomic E-state index is 12.5. The van der Waals surface area contributed by atoms with E-state index < -0.39 is 10.0 Å². The lowest BCUT2D eigenvalue weighted by Crippen LogP contribution is -2.38. The Morgan fingerprint density at radius 3 is 2.67 bits per heavy atom. The van der Waals surface area contributed by atoms with Crippen LogP contribution in [0.15, 0.2) is 33.9 Å². The van der Waals surface area contributed by atoms with Crippen LogP contribution in [0.5, 0.6) is 0 Å². The summed E-state index contributed by atoms with van der Waals surface area (Å²) in [7, 11) is -3.46. The van der Waals surface area contributed by atoms with Crippen LogP contribution in [0.2, 0.25) is 0 Å². The molecule has 0 N–H and O–H groups in total. The summed E-state index contributed by atoms with van der Waals surface area (Å²) >= 11 is 0. The van der Waals surface area contributed by atoms with Gasteiger partial charge in [0, 0.05) is 31.4 Å². The Bertz CT molecular complexity index is 706. The molecular formula is C13H16N4O3S. The molecule has 8 heteroatoms. The molecule has 2 aromatic rings. The summed E-state index contributed by atoms with van der Waals surface area (Å²) in [6.45, 7) is 2.67. The second-order valence-electron chi connectivity index (χ2n) is 5.05. The van der Waals surface area contributed by atoms with Crippen molar-refractivity contribution in [1.82, 2.24) is 19.4 Å². The van der Waals surface area contributed by atoms with Gasteiger partial charge in [-0.05, 0) is 31.9 Å². The van der Waals surface area contributed by atoms with Crippen molar-refractivity contribution in [2.45, 2.75) is 30.6 Å². The van der Waals surface area contributed by atoms with Crippen molar-refractivity contribution in [3.8, 4) is 0 Å². The Hall–Kier alpha value is -1.80. The molecule has 1 fully saturated rings. The fourth-order valence-electron chi connectivity index (χ4n) is 2.47. The topological polar surface area (TPSA) is 89.2 Å². The first-order valence-electron chi connectivity index (χ1n) is 6.78. The maximum atomic E-state index is 12.5. The Kier molecular flexibility index (Phi) is 3.73. The second-order valence-corrected chi connectivity index (χ2v) is 6.98. The van der Waals surface area contributed by atoms with Crippen molar-refractivity contribution in [3.05, 3.63) is 36.2 Å². The van der Waals surface area contributed by atoms with Gasteiger partial charge in [0.2, 0.25) is 15.9 Å². The molecule has 1 aliphatic heterocycles. The maximum Gasteiger partial charge on any atom is 0.244 e. The first-order chi connectivity index (χ1) is 10.1. The van der Waals surface area contributed by atoms with E-state index in [1.807, 2.05) is 0 Å². The molecule has 0 spiro atoms. The summed E-state index contributed by atoms with van der Waals surface area (Å²) in [5.41, 5.74) is 0. The average molecular weight is 308 g/mol. The molecule has 112 valence electrons. The van der Waals surface area contributed by atoms with Crippen LogP contribution >= 0.6 is 0 Å². The molecule has 21 heavy (non-hydrogen) atoms. The van der Waals surface area contributed by atoms with Crippen molar-refractivity contribution < 1.29 is 12.9 Å². The van der Waals surface area contributed by atoms with Crippen molar-refractivity contribution in [2.24, 2.45) is 0 Å². The number of pyridine rings is 1. The van der Waals surface area contributed by atoms with Gasteiger partial charge in [-0.2, -0.15) is 9.29 Å². The number of rotatable bonds is 3. The zero-order valence-corrected chi connectivity index (χ0v) is 12.5. The number of aromatic nitrogens is 3. The van der Waals surface area contributed by atoms with Gasteiger partial charge in [0.05, 0.1) is 0 Å². The second kappa shape index (κ2) is 5.53. The predicted molar refractivity (Wildman–Crippen MR) is 74.0 cm³/mol. The standard InChI is InChI=1S/C13H16N4O3S/c1-10-15-13(20-16-10)11-4-7-17(8-5-11)21(18,19)12-3-2-6-14-9-12/h2-3,6,9,11H,4-5,7-8H2,1H3. The van der Waals surface area contributed by atoms with Gasteiger partial charge in [-0.3, -0.25) is 4.98 Å². The van der Waals surface area contributed by atoms with Crippen LogP contribution in [0.4, 0.5) is 0 Å². The van der Waals surface area contributed by atoms with E-state index in [4.69, 9.17) is 4.52 Å². The third kappa shape index (κ3) is 2.81. The highest BCUT2D eigenvalue weighted by atomic mass is 32.2. The van der Waals surface area contributed by atoms with Gasteiger partial charge < -0.3 is 4.52 Å². The molecule has 0 radical (unpaired) electrons. The number of hydrogen-bond donors (Lipinski definition) is 0. The molecule has 1 aliphatic rings. The quantitative estimate of drug-likeness (QED) is 0.850. The SMILES string of the molecule is Cc1noc(C2CCN(S(=O)(=O)c3cccnc3)CC2)n1. The number of aryl methyl sites for hydroxylation is 1. The molecule has 3 rings (SSSR count). The average Bonchev–Trinajstić information content (AvgIpc) is 2.95. The lowest BCUT2D eigenvalue weighted by molar-refractivity contribution is 0.270. The zero-order valence-electron chi connectivity index (χ0n) is 11.6. The monoisotopic (exact) mass is 308 g/mol. The van der Waals surface area contributed by atoms with Crippen LogP contribution in [0, 0.1) is 6.92 Å². The van der Waals surface area contributed by atoms with Gasteiger partial charge in [0.15, 0.2) is 5.82 Å². The molecule has 0 aromatic carbocycles. The van der Waals surface area contributed by atoms with E-state index >= 15 is 0 Å². The Morgan fingerprint density at radius 2 is 2.10 bits per heavy atom. The van der Waals surface area contributed by atoms with Crippen molar-refractivity contribution in [2.75, 3.05) is 13.1 Å². The first-order valence-corrected chi connectivity index (χ1v) is 8.22. The highest BCUT2D eigenvalue weighted by molar-refractivity contribution is 7.89. The first kappa shape index (κ1) is 14.2. The number of nitrogens with zero attached hydrogens (tertiary/aromatic N) is 4. The van der Waals surface area contributed by atoms with E-state index in [1.165, 1.54) is 10.5 Å². The van der Waals surface area contributed by atoms with Gasteiger partial charge in [-0.25, -0.2) is 8.42 Å². The van der Waals surface area contributed by atoms with Gasteiger partial charge in [0.1, 0.15) is 4.90 Å². The van der Waals surface area contributed by atoms with Crippen molar-refractivity contribution in [1.29, 1.82) is 0 Å². The molecule has 0 unspecified atom stereocenters. The molecular weight excluding hydrogens is 292 g/mol. The third-order valence-electron chi connectivity index (χ3n) is 3.62. The Morgan fingerprint density at radius 1 is 1.33 bits per heavy atom. The molecule has 0 atom stereocenters. The van der Waals surface area contributed by atoms with Crippen LogP contribution < -0.4 is 0 Å². The summed E-state index contributed by atoms with van der Waals surface area (Å²) in [6.07, 6.45) is 4.30. The highest BCUT2D eigenvalue weighted by Crippen LogP contribution is 2.29. The normalized spacial score (nSPS) is 18.0. The largest absolute Gasteiger partial charge is 0.339 e. The molecule has 7 nitrogen and oxygen atoms in total. The van der Waals surface area contributed by atoms with Crippen molar-refractivity contribution >= 4 is 10.0 Å². The van der Waals surface area contributed by atoms with E-state index in [-0.39, 0.29) is 10.8 Å². The Balaban J connectivity index is 1.71. The predicted octanol–water partition coefficient (Wildman–Crippen LogP) is 1.34. The molecule has 2 aromatic heterocycles. The van der Waals surface area contributed by atoms with Crippen LogP contribution in [0.1, 0.15) is 30.5 Å². The fourth-order valence-corrected chi connectivity index (χ4v) is 3.91. The highest BCUT2D eigenvalue weighted by Gasteiger charge is 2.31. The summed E-state index contributed by atoms with van der Waals surface area (Å²) < 4.78 is 31.6. The molecule has 3 heterocycles. The van der Waals surface area contributed by atoms with Crippen LogP contribution in [-0.4, -0.2) is 40.9 Å². The van der Waals surface area contributed by atoms with Gasteiger partial charge in [0.25, 0.3) is 0 Å². The minimum absolute atomic E-state index is 0.131. The smallest absolute Gasteiger partial charge is 0.244 e. The summed E-state index contributed by atoms with van der Waals surface area (Å²) in [6, 6.07) is 3.19. The van der Waals surface area contributed by atoms with Crippen LogP contribution in [0.25, 0.3) is 0 Å². The zero-order chi connectivity index (χ0) is 14.9. The van der Waals surface area contributed by atoms with E-state index in [0.717, 1.165) is 0 Å². The fraction of sp³-hybridized carbons (Fsp3) is 0.462. The van der Waals surface area contributed by atoms with Crippen molar-refractivity contribution in [3.63, 3.8) is 0 Å². The number of hydrogen-bond acceptors (Lipinski definition) is 6. The Labute approximate surface area is 123 Å². The molecule has 0 bridgehead atoms. The van der Waals surface area contributed by atoms with E-state index in [2.05, 4.69) is 15.1 Å². The minimum atomic E-state index is -3.46. The van der Waals surface area contributed by atoms with Gasteiger partial charge in [-0.15, -0.1) is 0 Å². The summed E-state index contributed by atoms with van der Waals surface area (Å²) in [4.78, 5) is 8.33. The van der Waals surface area contributed by atoms with Gasteiger partial charge in [-0.1, -0.05) is 5.16 Å². The minimum Gasteiger partial charge on any atom is -0.339 e. The summed E-state index contributed by atoms with van der Waals surface area (Å²) in [5, 5.41) is 3.78. The third-order valence-corrected chi connectivity index (χ3v) is 5.50. The lowest BCUT2D eigenvalue weighted by atomic mass is 9.98. The molecule has 0 aliphatic carbocycles. The number of sulfonamides is 1. The number of piperidine rings is 1. The van der Waals surface area contributed by atoms with Gasteiger partial charge >= 0.3 is 0 Å². The summed E-state index contributed by atoms with van der Waals surface area (Å²) in [5.74, 6) is 1.34. The molecule has 0 amide bonds. The van der Waals surface area contributed by atoms with E-state index in [0.29, 0.717) is 37.6 Å². The van der Waals surface area contributed by atoms with E-state index in [9.17, 15) is 8.42 Å².